The highest BCUT2D eigenvalue weighted by atomic mass is 19.4. The molecule has 0 aliphatic carbocycles. The van der Waals surface area contributed by atoms with E-state index in [1.807, 2.05) is 0 Å². The van der Waals surface area contributed by atoms with Crippen LogP contribution in [-0.2, 0) is 10.9 Å². The third-order valence-corrected chi connectivity index (χ3v) is 4.28. The monoisotopic (exact) mass is 358 g/mol. The summed E-state index contributed by atoms with van der Waals surface area (Å²) in [5.74, 6) is 0.131. The number of carbonyl (C=O) groups excluding carboxylic acids is 1. The normalized spacial score (nSPS) is 17.5. The summed E-state index contributed by atoms with van der Waals surface area (Å²) in [6.07, 6.45) is -3.46. The average molecular weight is 358 g/mol. The predicted octanol–water partition coefficient (Wildman–Crippen LogP) is 3.18. The van der Waals surface area contributed by atoms with E-state index in [-0.39, 0.29) is 17.5 Å². The topological polar surface area (TPSA) is 41.6 Å². The van der Waals surface area contributed by atoms with Crippen LogP contribution >= 0.6 is 0 Å². The summed E-state index contributed by atoms with van der Waals surface area (Å²) in [4.78, 5) is 14.5. The first-order valence-electron chi connectivity index (χ1n) is 8.54. The van der Waals surface area contributed by atoms with Crippen molar-refractivity contribution < 1.29 is 22.7 Å². The van der Waals surface area contributed by atoms with E-state index < -0.39 is 11.7 Å². The van der Waals surface area contributed by atoms with Crippen LogP contribution in [-0.4, -0.2) is 49.7 Å². The van der Waals surface area contributed by atoms with Gasteiger partial charge in [-0.3, -0.25) is 9.69 Å². The minimum atomic E-state index is -4.40. The van der Waals surface area contributed by atoms with Gasteiger partial charge in [0.15, 0.2) is 0 Å². The number of nitrogens with one attached hydrogen (secondary N) is 1. The summed E-state index contributed by atoms with van der Waals surface area (Å²) >= 11 is 0. The van der Waals surface area contributed by atoms with Crippen molar-refractivity contribution in [1.29, 1.82) is 0 Å². The van der Waals surface area contributed by atoms with Gasteiger partial charge in [0.1, 0.15) is 0 Å². The number of alkyl halides is 3. The summed E-state index contributed by atoms with van der Waals surface area (Å²) in [6.45, 7) is 7.75. The van der Waals surface area contributed by atoms with Gasteiger partial charge < -0.3 is 10.1 Å². The van der Waals surface area contributed by atoms with E-state index in [0.29, 0.717) is 25.7 Å². The van der Waals surface area contributed by atoms with Gasteiger partial charge in [-0.2, -0.15) is 13.2 Å². The van der Waals surface area contributed by atoms with Crippen LogP contribution in [0, 0.1) is 5.92 Å². The number of carbonyl (C=O) groups is 1. The highest BCUT2D eigenvalue weighted by Gasteiger charge is 2.30. The van der Waals surface area contributed by atoms with E-state index in [1.54, 1.807) is 0 Å². The first-order valence-corrected chi connectivity index (χ1v) is 8.54. The summed E-state index contributed by atoms with van der Waals surface area (Å²) in [5, 5.41) is 2.86. The van der Waals surface area contributed by atoms with Gasteiger partial charge in [0, 0.05) is 31.2 Å². The van der Waals surface area contributed by atoms with Crippen molar-refractivity contribution in [1.82, 2.24) is 10.2 Å². The second kappa shape index (κ2) is 8.67. The van der Waals surface area contributed by atoms with Crippen molar-refractivity contribution in [2.24, 2.45) is 5.92 Å². The van der Waals surface area contributed by atoms with Gasteiger partial charge in [0.05, 0.1) is 18.8 Å². The Morgan fingerprint density at radius 3 is 2.32 bits per heavy atom. The number of ether oxygens (including phenoxy) is 1. The minimum absolute atomic E-state index is 0.197. The zero-order valence-electron chi connectivity index (χ0n) is 14.6. The standard InChI is InChI=1S/C18H25F3N2O2/c1-13(2)11-16(23-7-9-25-10-8-23)12-22-17(24)14-3-5-15(6-4-14)18(19,20)21/h3-6,13,16H,7-12H2,1-2H3,(H,22,24). The summed E-state index contributed by atoms with van der Waals surface area (Å²) < 4.78 is 43.1. The summed E-state index contributed by atoms with van der Waals surface area (Å²) in [7, 11) is 0. The molecule has 25 heavy (non-hydrogen) atoms. The number of benzene rings is 1. The second-order valence-corrected chi connectivity index (χ2v) is 6.72. The fourth-order valence-electron chi connectivity index (χ4n) is 2.97. The molecule has 1 atom stereocenters. The molecular formula is C18H25F3N2O2. The third kappa shape index (κ3) is 6.01. The van der Waals surface area contributed by atoms with Crippen molar-refractivity contribution in [3.63, 3.8) is 0 Å². The van der Waals surface area contributed by atoms with E-state index >= 15 is 0 Å². The van der Waals surface area contributed by atoms with Gasteiger partial charge in [0.2, 0.25) is 0 Å². The van der Waals surface area contributed by atoms with E-state index in [1.165, 1.54) is 12.1 Å². The maximum atomic E-state index is 12.6. The lowest BCUT2D eigenvalue weighted by Gasteiger charge is -2.35. The van der Waals surface area contributed by atoms with Gasteiger partial charge in [0.25, 0.3) is 5.91 Å². The smallest absolute Gasteiger partial charge is 0.379 e. The van der Waals surface area contributed by atoms with Crippen LogP contribution < -0.4 is 5.32 Å². The van der Waals surface area contributed by atoms with E-state index in [2.05, 4.69) is 24.1 Å². The van der Waals surface area contributed by atoms with Gasteiger partial charge in [-0.05, 0) is 36.6 Å². The Bertz CT molecular complexity index is 552. The molecule has 1 saturated heterocycles. The van der Waals surface area contributed by atoms with Crippen LogP contribution in [0.4, 0.5) is 13.2 Å². The van der Waals surface area contributed by atoms with E-state index in [9.17, 15) is 18.0 Å². The van der Waals surface area contributed by atoms with Gasteiger partial charge in [-0.15, -0.1) is 0 Å². The molecule has 0 radical (unpaired) electrons. The van der Waals surface area contributed by atoms with Crippen molar-refractivity contribution in [2.75, 3.05) is 32.8 Å². The zero-order valence-corrected chi connectivity index (χ0v) is 14.6. The highest BCUT2D eigenvalue weighted by molar-refractivity contribution is 5.94. The van der Waals surface area contributed by atoms with Crippen LogP contribution in [0.5, 0.6) is 0 Å². The van der Waals surface area contributed by atoms with Gasteiger partial charge >= 0.3 is 6.18 Å². The SMILES string of the molecule is CC(C)CC(CNC(=O)c1ccc(C(F)(F)F)cc1)N1CCOCC1. The lowest BCUT2D eigenvalue weighted by molar-refractivity contribution is -0.137. The number of morpholine rings is 1. The highest BCUT2D eigenvalue weighted by Crippen LogP contribution is 2.29. The molecule has 0 bridgehead atoms. The second-order valence-electron chi connectivity index (χ2n) is 6.72. The number of hydrogen-bond acceptors (Lipinski definition) is 3. The molecule has 1 unspecified atom stereocenters. The molecule has 140 valence electrons. The van der Waals surface area contributed by atoms with Crippen molar-refractivity contribution in [3.05, 3.63) is 35.4 Å². The molecule has 1 aromatic carbocycles. The Morgan fingerprint density at radius 2 is 1.80 bits per heavy atom. The van der Waals surface area contributed by atoms with Crippen molar-refractivity contribution in [2.45, 2.75) is 32.5 Å². The fourth-order valence-corrected chi connectivity index (χ4v) is 2.97. The molecule has 0 spiro atoms. The Kier molecular flexibility index (Phi) is 6.84. The van der Waals surface area contributed by atoms with Gasteiger partial charge in [-0.1, -0.05) is 13.8 Å². The predicted molar refractivity (Wildman–Crippen MR) is 89.4 cm³/mol. The quantitative estimate of drug-likeness (QED) is 0.849. The van der Waals surface area contributed by atoms with Crippen molar-refractivity contribution >= 4 is 5.91 Å². The number of rotatable bonds is 6. The van der Waals surface area contributed by atoms with Crippen LogP contribution in [0.15, 0.2) is 24.3 Å². The molecule has 0 aromatic heterocycles. The largest absolute Gasteiger partial charge is 0.416 e. The molecule has 1 aromatic rings. The number of hydrogen-bond donors (Lipinski definition) is 1. The average Bonchev–Trinajstić information content (AvgIpc) is 2.58. The minimum Gasteiger partial charge on any atom is -0.379 e. The molecule has 1 amide bonds. The molecule has 0 saturated carbocycles. The molecule has 1 aliphatic heterocycles. The molecule has 7 heteroatoms. The Labute approximate surface area is 146 Å². The lowest BCUT2D eigenvalue weighted by atomic mass is 10.0. The lowest BCUT2D eigenvalue weighted by Crippen LogP contribution is -2.49. The maximum Gasteiger partial charge on any atom is 0.416 e. The Morgan fingerprint density at radius 1 is 1.20 bits per heavy atom. The molecule has 1 aliphatic rings. The molecule has 2 rings (SSSR count). The molecule has 1 heterocycles. The van der Waals surface area contributed by atoms with Crippen LogP contribution in [0.3, 0.4) is 0 Å². The molecule has 1 N–H and O–H groups in total. The molecular weight excluding hydrogens is 333 g/mol. The molecule has 4 nitrogen and oxygen atoms in total. The molecule has 1 fully saturated rings. The van der Waals surface area contributed by atoms with E-state index in [4.69, 9.17) is 4.74 Å². The summed E-state index contributed by atoms with van der Waals surface area (Å²) in [6, 6.07) is 4.49. The number of halogens is 3. The van der Waals surface area contributed by atoms with Crippen LogP contribution in [0.25, 0.3) is 0 Å². The Hall–Kier alpha value is -1.60. The Balaban J connectivity index is 1.95. The van der Waals surface area contributed by atoms with Crippen LogP contribution in [0.2, 0.25) is 0 Å². The van der Waals surface area contributed by atoms with E-state index in [0.717, 1.165) is 31.6 Å². The summed E-state index contributed by atoms with van der Waals surface area (Å²) in [5.41, 5.74) is -0.520. The van der Waals surface area contributed by atoms with Crippen molar-refractivity contribution in [3.8, 4) is 0 Å². The fraction of sp³-hybridized carbons (Fsp3) is 0.611. The van der Waals surface area contributed by atoms with Gasteiger partial charge in [-0.25, -0.2) is 0 Å². The third-order valence-electron chi connectivity index (χ3n) is 4.28. The first kappa shape index (κ1) is 19.7. The number of amides is 1. The zero-order chi connectivity index (χ0) is 18.4. The number of nitrogens with zero attached hydrogens (tertiary/aromatic N) is 1. The van der Waals surface area contributed by atoms with Crippen LogP contribution in [0.1, 0.15) is 36.2 Å². The maximum absolute atomic E-state index is 12.6. The first-order chi connectivity index (χ1) is 11.8.